The first-order chi connectivity index (χ1) is 9.28. The lowest BCUT2D eigenvalue weighted by molar-refractivity contribution is 0.136. The number of benzene rings is 2. The minimum Gasteiger partial charge on any atom is -0.372 e. The van der Waals surface area contributed by atoms with E-state index in [1.165, 1.54) is 0 Å². The van der Waals surface area contributed by atoms with Crippen LogP contribution in [0.4, 0.5) is 0 Å². The zero-order chi connectivity index (χ0) is 13.7. The highest BCUT2D eigenvalue weighted by Gasteiger charge is 2.13. The lowest BCUT2D eigenvalue weighted by Gasteiger charge is -2.16. The van der Waals surface area contributed by atoms with E-state index >= 15 is 0 Å². The Morgan fingerprint density at radius 2 is 1.16 bits per heavy atom. The third-order valence-electron chi connectivity index (χ3n) is 2.92. The smallest absolute Gasteiger partial charge is 0.107 e. The van der Waals surface area contributed by atoms with Crippen LogP contribution >= 0.6 is 0 Å². The molecule has 2 aromatic rings. The van der Waals surface area contributed by atoms with Gasteiger partial charge in [-0.1, -0.05) is 24.3 Å². The summed E-state index contributed by atoms with van der Waals surface area (Å²) in [5.41, 5.74) is 3.20. The van der Waals surface area contributed by atoms with Crippen molar-refractivity contribution in [2.75, 3.05) is 7.11 Å². The molecule has 3 nitrogen and oxygen atoms in total. The maximum atomic E-state index is 8.79. The number of hydrogen-bond donors (Lipinski definition) is 0. The Kier molecular flexibility index (Phi) is 3.93. The molecule has 0 atom stereocenters. The molecule has 0 fully saturated rings. The van der Waals surface area contributed by atoms with Gasteiger partial charge in [0.2, 0.25) is 0 Å². The summed E-state index contributed by atoms with van der Waals surface area (Å²) in [5, 5.41) is 17.6. The first-order valence-electron chi connectivity index (χ1n) is 5.81. The molecule has 0 radical (unpaired) electrons. The molecule has 0 saturated carbocycles. The molecular formula is C16H12N2O. The van der Waals surface area contributed by atoms with Gasteiger partial charge in [-0.2, -0.15) is 10.5 Å². The molecule has 0 N–H and O–H groups in total. The fourth-order valence-electron chi connectivity index (χ4n) is 1.93. The molecule has 0 aliphatic carbocycles. The first kappa shape index (κ1) is 12.8. The Morgan fingerprint density at radius 3 is 1.42 bits per heavy atom. The van der Waals surface area contributed by atoms with Crippen LogP contribution in [0.5, 0.6) is 0 Å². The number of methoxy groups -OCH3 is 1. The van der Waals surface area contributed by atoms with Crippen LogP contribution in [0.15, 0.2) is 48.5 Å². The second-order valence-corrected chi connectivity index (χ2v) is 4.08. The quantitative estimate of drug-likeness (QED) is 0.838. The second-order valence-electron chi connectivity index (χ2n) is 4.08. The molecule has 0 unspecified atom stereocenters. The topological polar surface area (TPSA) is 56.8 Å². The van der Waals surface area contributed by atoms with Gasteiger partial charge in [0.05, 0.1) is 23.3 Å². The molecule has 0 aliphatic rings. The van der Waals surface area contributed by atoms with Crippen LogP contribution < -0.4 is 0 Å². The highest BCUT2D eigenvalue weighted by molar-refractivity contribution is 5.38. The van der Waals surface area contributed by atoms with Gasteiger partial charge in [0, 0.05) is 7.11 Å². The standard InChI is InChI=1S/C16H12N2O/c1-19-16(14-6-2-12(10-17)3-7-14)15-8-4-13(11-18)5-9-15/h2-9,16H,1H3. The minimum atomic E-state index is -0.194. The van der Waals surface area contributed by atoms with Gasteiger partial charge in [-0.3, -0.25) is 0 Å². The lowest BCUT2D eigenvalue weighted by atomic mass is 9.99. The van der Waals surface area contributed by atoms with Crippen LogP contribution in [-0.4, -0.2) is 7.11 Å². The number of hydrogen-bond acceptors (Lipinski definition) is 3. The Hall–Kier alpha value is -2.62. The summed E-state index contributed by atoms with van der Waals surface area (Å²) >= 11 is 0. The molecule has 0 saturated heterocycles. The highest BCUT2D eigenvalue weighted by atomic mass is 16.5. The Morgan fingerprint density at radius 1 is 0.789 bits per heavy atom. The van der Waals surface area contributed by atoms with Crippen molar-refractivity contribution >= 4 is 0 Å². The largest absolute Gasteiger partial charge is 0.372 e. The minimum absolute atomic E-state index is 0.194. The summed E-state index contributed by atoms with van der Waals surface area (Å²) < 4.78 is 5.50. The van der Waals surface area contributed by atoms with Crippen molar-refractivity contribution in [3.05, 3.63) is 70.8 Å². The molecule has 0 aromatic heterocycles. The normalized spacial score (nSPS) is 9.89. The van der Waals surface area contributed by atoms with Crippen LogP contribution in [0.2, 0.25) is 0 Å². The summed E-state index contributed by atoms with van der Waals surface area (Å²) in [4.78, 5) is 0. The van der Waals surface area contributed by atoms with E-state index in [4.69, 9.17) is 15.3 Å². The SMILES string of the molecule is COC(c1ccc(C#N)cc1)c1ccc(C#N)cc1. The molecule has 0 aliphatic heterocycles. The van der Waals surface area contributed by atoms with E-state index in [2.05, 4.69) is 12.1 Å². The van der Waals surface area contributed by atoms with E-state index in [-0.39, 0.29) is 6.10 Å². The molecular weight excluding hydrogens is 236 g/mol. The van der Waals surface area contributed by atoms with Gasteiger partial charge in [0.1, 0.15) is 6.10 Å². The van der Waals surface area contributed by atoms with Crippen molar-refractivity contribution in [3.8, 4) is 12.1 Å². The van der Waals surface area contributed by atoms with Crippen LogP contribution in [0.3, 0.4) is 0 Å². The van der Waals surface area contributed by atoms with Crippen LogP contribution in [0.1, 0.15) is 28.4 Å². The average Bonchev–Trinajstić information content (AvgIpc) is 2.49. The van der Waals surface area contributed by atoms with Crippen molar-refractivity contribution < 1.29 is 4.74 Å². The predicted molar refractivity (Wildman–Crippen MR) is 71.2 cm³/mol. The molecule has 2 aromatic carbocycles. The summed E-state index contributed by atoms with van der Waals surface area (Å²) in [7, 11) is 1.64. The maximum absolute atomic E-state index is 8.79. The monoisotopic (exact) mass is 248 g/mol. The van der Waals surface area contributed by atoms with E-state index in [9.17, 15) is 0 Å². The lowest BCUT2D eigenvalue weighted by Crippen LogP contribution is -2.03. The van der Waals surface area contributed by atoms with Gasteiger partial charge in [0.25, 0.3) is 0 Å². The van der Waals surface area contributed by atoms with E-state index in [0.717, 1.165) is 11.1 Å². The molecule has 0 amide bonds. The van der Waals surface area contributed by atoms with Crippen molar-refractivity contribution in [1.82, 2.24) is 0 Å². The first-order valence-corrected chi connectivity index (χ1v) is 5.81. The van der Waals surface area contributed by atoms with E-state index in [0.29, 0.717) is 11.1 Å². The molecule has 0 spiro atoms. The number of rotatable bonds is 3. The van der Waals surface area contributed by atoms with Gasteiger partial charge in [-0.25, -0.2) is 0 Å². The number of ether oxygens (including phenoxy) is 1. The van der Waals surface area contributed by atoms with Crippen molar-refractivity contribution in [2.45, 2.75) is 6.10 Å². The molecule has 3 heteroatoms. The molecule has 0 bridgehead atoms. The van der Waals surface area contributed by atoms with E-state index in [1.54, 1.807) is 31.4 Å². The third-order valence-corrected chi connectivity index (χ3v) is 2.92. The Balaban J connectivity index is 2.33. The summed E-state index contributed by atoms with van der Waals surface area (Å²) in [6.45, 7) is 0. The van der Waals surface area contributed by atoms with Gasteiger partial charge in [-0.05, 0) is 35.4 Å². The van der Waals surface area contributed by atoms with Crippen LogP contribution in [0, 0.1) is 22.7 Å². The fraction of sp³-hybridized carbons (Fsp3) is 0.125. The second kappa shape index (κ2) is 5.82. The van der Waals surface area contributed by atoms with Crippen molar-refractivity contribution in [3.63, 3.8) is 0 Å². The van der Waals surface area contributed by atoms with Crippen molar-refractivity contribution in [1.29, 1.82) is 10.5 Å². The summed E-state index contributed by atoms with van der Waals surface area (Å²) in [6.07, 6.45) is -0.194. The molecule has 2 rings (SSSR count). The molecule has 19 heavy (non-hydrogen) atoms. The zero-order valence-electron chi connectivity index (χ0n) is 10.5. The van der Waals surface area contributed by atoms with E-state index < -0.39 is 0 Å². The van der Waals surface area contributed by atoms with Gasteiger partial charge in [0.15, 0.2) is 0 Å². The Bertz CT molecular complexity index is 573. The molecule has 0 heterocycles. The van der Waals surface area contributed by atoms with Crippen LogP contribution in [0.25, 0.3) is 0 Å². The Labute approximate surface area is 112 Å². The number of nitrogens with zero attached hydrogens (tertiary/aromatic N) is 2. The maximum Gasteiger partial charge on any atom is 0.107 e. The summed E-state index contributed by atoms with van der Waals surface area (Å²) in [6, 6.07) is 18.8. The fourth-order valence-corrected chi connectivity index (χ4v) is 1.93. The highest BCUT2D eigenvalue weighted by Crippen LogP contribution is 2.25. The predicted octanol–water partition coefficient (Wildman–Crippen LogP) is 3.17. The third kappa shape index (κ3) is 2.80. The van der Waals surface area contributed by atoms with Crippen LogP contribution in [-0.2, 0) is 4.74 Å². The van der Waals surface area contributed by atoms with Gasteiger partial charge >= 0.3 is 0 Å². The van der Waals surface area contributed by atoms with Gasteiger partial charge in [-0.15, -0.1) is 0 Å². The molecule has 92 valence electrons. The van der Waals surface area contributed by atoms with Gasteiger partial charge < -0.3 is 4.74 Å². The zero-order valence-corrected chi connectivity index (χ0v) is 10.5. The average molecular weight is 248 g/mol. The van der Waals surface area contributed by atoms with Crippen molar-refractivity contribution in [2.24, 2.45) is 0 Å². The summed E-state index contributed by atoms with van der Waals surface area (Å²) in [5.74, 6) is 0. The van der Waals surface area contributed by atoms with E-state index in [1.807, 2.05) is 24.3 Å². The number of nitriles is 2.